The van der Waals surface area contributed by atoms with E-state index in [0.717, 1.165) is 19.3 Å². The Balaban J connectivity index is 2.49. The lowest BCUT2D eigenvalue weighted by molar-refractivity contribution is -0.124. The van der Waals surface area contributed by atoms with Gasteiger partial charge in [0, 0.05) is 11.5 Å². The summed E-state index contributed by atoms with van der Waals surface area (Å²) >= 11 is 0. The Hall–Kier alpha value is -0.570. The molecular weight excluding hydrogens is 188 g/mol. The van der Waals surface area contributed by atoms with Crippen LogP contribution in [-0.4, -0.2) is 18.0 Å². The summed E-state index contributed by atoms with van der Waals surface area (Å²) in [6.07, 6.45) is 2.80. The molecule has 1 aliphatic carbocycles. The molecule has 1 rings (SSSR count). The number of hydrogen-bond acceptors (Lipinski definition) is 2. The van der Waals surface area contributed by atoms with Gasteiger partial charge in [-0.25, -0.2) is 0 Å². The molecule has 0 saturated heterocycles. The van der Waals surface area contributed by atoms with Gasteiger partial charge in [0.25, 0.3) is 0 Å². The fourth-order valence-corrected chi connectivity index (χ4v) is 1.95. The summed E-state index contributed by atoms with van der Waals surface area (Å²) in [7, 11) is 0. The Kier molecular flexibility index (Phi) is 3.44. The van der Waals surface area contributed by atoms with Crippen LogP contribution in [0.25, 0.3) is 0 Å². The van der Waals surface area contributed by atoms with Crippen LogP contribution in [0.4, 0.5) is 0 Å². The molecule has 1 saturated carbocycles. The topological polar surface area (TPSA) is 55.1 Å². The fourth-order valence-electron chi connectivity index (χ4n) is 1.95. The summed E-state index contributed by atoms with van der Waals surface area (Å²) < 4.78 is 0. The zero-order valence-electron chi connectivity index (χ0n) is 10.4. The molecule has 3 N–H and O–H groups in total. The van der Waals surface area contributed by atoms with Crippen LogP contribution >= 0.6 is 0 Å². The molecule has 2 unspecified atom stereocenters. The number of nitrogens with one attached hydrogen (secondary N) is 1. The number of rotatable bonds is 5. The maximum atomic E-state index is 11.9. The average molecular weight is 212 g/mol. The van der Waals surface area contributed by atoms with Crippen LogP contribution in [0, 0.1) is 11.3 Å². The van der Waals surface area contributed by atoms with Gasteiger partial charge in [0.15, 0.2) is 0 Å². The molecule has 15 heavy (non-hydrogen) atoms. The zero-order chi connectivity index (χ0) is 11.7. The number of carbonyl (C=O) groups is 1. The first-order chi connectivity index (χ1) is 6.84. The SMILES string of the molecule is CCC(C)(CCN)NC(=O)C1CC1(C)C. The van der Waals surface area contributed by atoms with Crippen LogP contribution in [0.1, 0.15) is 47.0 Å². The molecule has 0 bridgehead atoms. The van der Waals surface area contributed by atoms with Gasteiger partial charge in [-0.3, -0.25) is 4.79 Å². The maximum absolute atomic E-state index is 11.9. The first-order valence-corrected chi connectivity index (χ1v) is 5.87. The molecule has 0 aromatic carbocycles. The van der Waals surface area contributed by atoms with Gasteiger partial charge in [0.2, 0.25) is 5.91 Å². The van der Waals surface area contributed by atoms with E-state index in [9.17, 15) is 4.79 Å². The van der Waals surface area contributed by atoms with Gasteiger partial charge in [-0.1, -0.05) is 20.8 Å². The van der Waals surface area contributed by atoms with E-state index in [0.29, 0.717) is 6.54 Å². The van der Waals surface area contributed by atoms with E-state index in [-0.39, 0.29) is 22.8 Å². The third-order valence-corrected chi connectivity index (χ3v) is 3.73. The molecule has 0 aliphatic heterocycles. The van der Waals surface area contributed by atoms with E-state index in [1.165, 1.54) is 0 Å². The second kappa shape index (κ2) is 4.12. The highest BCUT2D eigenvalue weighted by molar-refractivity contribution is 5.83. The standard InChI is InChI=1S/C12H24N2O/c1-5-12(4,6-7-13)14-10(15)9-8-11(9,2)3/h9H,5-8,13H2,1-4H3,(H,14,15). The number of amides is 1. The summed E-state index contributed by atoms with van der Waals surface area (Å²) in [4.78, 5) is 11.9. The van der Waals surface area contributed by atoms with Crippen LogP contribution in [-0.2, 0) is 4.79 Å². The molecule has 0 aromatic heterocycles. The quantitative estimate of drug-likeness (QED) is 0.728. The highest BCUT2D eigenvalue weighted by atomic mass is 16.2. The lowest BCUT2D eigenvalue weighted by atomic mass is 9.94. The van der Waals surface area contributed by atoms with E-state index in [2.05, 4.69) is 33.0 Å². The molecule has 3 nitrogen and oxygen atoms in total. The first-order valence-electron chi connectivity index (χ1n) is 5.87. The van der Waals surface area contributed by atoms with Crippen LogP contribution in [0.15, 0.2) is 0 Å². The monoisotopic (exact) mass is 212 g/mol. The van der Waals surface area contributed by atoms with Gasteiger partial charge in [-0.05, 0) is 38.1 Å². The molecule has 1 fully saturated rings. The minimum absolute atomic E-state index is 0.121. The predicted octanol–water partition coefficient (Wildman–Crippen LogP) is 1.67. The lowest BCUT2D eigenvalue weighted by Crippen LogP contribution is -2.47. The van der Waals surface area contributed by atoms with Gasteiger partial charge < -0.3 is 11.1 Å². The molecule has 1 amide bonds. The van der Waals surface area contributed by atoms with E-state index in [1.54, 1.807) is 0 Å². The van der Waals surface area contributed by atoms with Gasteiger partial charge in [0.05, 0.1) is 0 Å². The summed E-state index contributed by atoms with van der Waals surface area (Å²) in [5.41, 5.74) is 5.65. The molecule has 0 aromatic rings. The first kappa shape index (κ1) is 12.5. The van der Waals surface area contributed by atoms with Crippen molar-refractivity contribution in [3.8, 4) is 0 Å². The molecule has 88 valence electrons. The second-order valence-electron chi connectivity index (χ2n) is 5.69. The lowest BCUT2D eigenvalue weighted by Gasteiger charge is -2.29. The average Bonchev–Trinajstić information content (AvgIpc) is 2.76. The van der Waals surface area contributed by atoms with Gasteiger partial charge in [-0.15, -0.1) is 0 Å². The predicted molar refractivity (Wildman–Crippen MR) is 62.4 cm³/mol. The minimum Gasteiger partial charge on any atom is -0.351 e. The third kappa shape index (κ3) is 2.94. The Morgan fingerprint density at radius 3 is 2.47 bits per heavy atom. The normalized spacial score (nSPS) is 26.9. The molecule has 1 aliphatic rings. The third-order valence-electron chi connectivity index (χ3n) is 3.73. The van der Waals surface area contributed by atoms with Crippen LogP contribution < -0.4 is 11.1 Å². The Morgan fingerprint density at radius 2 is 2.13 bits per heavy atom. The second-order valence-corrected chi connectivity index (χ2v) is 5.69. The van der Waals surface area contributed by atoms with Gasteiger partial charge in [-0.2, -0.15) is 0 Å². The van der Waals surface area contributed by atoms with Crippen molar-refractivity contribution >= 4 is 5.91 Å². The number of carbonyl (C=O) groups excluding carboxylic acids is 1. The highest BCUT2D eigenvalue weighted by Gasteiger charge is 2.51. The van der Waals surface area contributed by atoms with Crippen molar-refractivity contribution in [2.45, 2.75) is 52.5 Å². The molecule has 0 spiro atoms. The van der Waals surface area contributed by atoms with Crippen molar-refractivity contribution in [2.24, 2.45) is 17.1 Å². The maximum Gasteiger partial charge on any atom is 0.224 e. The molecule has 0 radical (unpaired) electrons. The summed E-state index contributed by atoms with van der Waals surface area (Å²) in [5.74, 6) is 0.416. The Labute approximate surface area is 92.8 Å². The van der Waals surface area contributed by atoms with Gasteiger partial charge >= 0.3 is 0 Å². The molecule has 0 heterocycles. The van der Waals surface area contributed by atoms with E-state index in [4.69, 9.17) is 5.73 Å². The fraction of sp³-hybridized carbons (Fsp3) is 0.917. The van der Waals surface area contributed by atoms with Crippen molar-refractivity contribution in [1.82, 2.24) is 5.32 Å². The van der Waals surface area contributed by atoms with E-state index < -0.39 is 0 Å². The van der Waals surface area contributed by atoms with Gasteiger partial charge in [0.1, 0.15) is 0 Å². The number of hydrogen-bond donors (Lipinski definition) is 2. The van der Waals surface area contributed by atoms with E-state index in [1.807, 2.05) is 0 Å². The molecule has 2 atom stereocenters. The highest BCUT2D eigenvalue weighted by Crippen LogP contribution is 2.51. The van der Waals surface area contributed by atoms with Crippen LogP contribution in [0.2, 0.25) is 0 Å². The van der Waals surface area contributed by atoms with Crippen molar-refractivity contribution in [2.75, 3.05) is 6.54 Å². The molecular formula is C12H24N2O. The number of nitrogens with two attached hydrogens (primary N) is 1. The van der Waals surface area contributed by atoms with Crippen LogP contribution in [0.5, 0.6) is 0 Å². The van der Waals surface area contributed by atoms with Crippen molar-refractivity contribution in [3.63, 3.8) is 0 Å². The van der Waals surface area contributed by atoms with E-state index >= 15 is 0 Å². The van der Waals surface area contributed by atoms with Crippen molar-refractivity contribution < 1.29 is 4.79 Å². The smallest absolute Gasteiger partial charge is 0.224 e. The molecule has 3 heteroatoms. The largest absolute Gasteiger partial charge is 0.351 e. The summed E-state index contributed by atoms with van der Waals surface area (Å²) in [5, 5.41) is 3.14. The Bertz CT molecular complexity index is 250. The van der Waals surface area contributed by atoms with Crippen molar-refractivity contribution in [1.29, 1.82) is 0 Å². The summed E-state index contributed by atoms with van der Waals surface area (Å²) in [6, 6.07) is 0. The van der Waals surface area contributed by atoms with Crippen molar-refractivity contribution in [3.05, 3.63) is 0 Å². The Morgan fingerprint density at radius 1 is 1.60 bits per heavy atom. The zero-order valence-corrected chi connectivity index (χ0v) is 10.4. The summed E-state index contributed by atoms with van der Waals surface area (Å²) in [6.45, 7) is 9.08. The van der Waals surface area contributed by atoms with Crippen LogP contribution in [0.3, 0.4) is 0 Å². The minimum atomic E-state index is -0.121.